The van der Waals surface area contributed by atoms with Gasteiger partial charge in [-0.3, -0.25) is 4.79 Å². The molecule has 0 saturated heterocycles. The molecule has 3 N–H and O–H groups in total. The molecule has 34 heavy (non-hydrogen) atoms. The second-order valence-corrected chi connectivity index (χ2v) is 10.3. The number of carboxylic acids is 1. The minimum atomic E-state index is -0.755. The van der Waals surface area contributed by atoms with Crippen LogP contribution in [0.1, 0.15) is 55.5 Å². The van der Waals surface area contributed by atoms with Gasteiger partial charge in [0, 0.05) is 24.1 Å². The molecule has 1 aromatic carbocycles. The highest BCUT2D eigenvalue weighted by atomic mass is 32.1. The number of rotatable bonds is 7. The summed E-state index contributed by atoms with van der Waals surface area (Å²) >= 11 is 1.54. The van der Waals surface area contributed by atoms with Gasteiger partial charge in [0.25, 0.3) is 0 Å². The Morgan fingerprint density at radius 2 is 1.97 bits per heavy atom. The fraction of sp³-hybridized carbons (Fsp3) is 0.440. The van der Waals surface area contributed by atoms with Crippen LogP contribution in [0, 0.1) is 12.8 Å². The molecule has 5 rings (SSSR count). The summed E-state index contributed by atoms with van der Waals surface area (Å²) in [6.07, 6.45) is 8.70. The number of ether oxygens (including phenoxy) is 1. The summed E-state index contributed by atoms with van der Waals surface area (Å²) in [6, 6.07) is 7.87. The Labute approximate surface area is 202 Å². The lowest BCUT2D eigenvalue weighted by molar-refractivity contribution is -0.143. The first-order chi connectivity index (χ1) is 16.4. The van der Waals surface area contributed by atoms with E-state index in [1.165, 1.54) is 11.3 Å². The molecule has 2 aliphatic carbocycles. The highest BCUT2D eigenvalue weighted by Gasteiger charge is 2.39. The first-order valence-electron chi connectivity index (χ1n) is 11.7. The highest BCUT2D eigenvalue weighted by molar-refractivity contribution is 7.15. The molecule has 2 aliphatic rings. The standard InChI is InChI=1S/C25H28N4O4S/c1-15-11-17(20-14-27-23(34-20)25(32)8-2-9-25)13-18(12-15)28-24-26-10-7-21(29-24)33-19-5-3-16(4-6-19)22(30)31/h7,10-14,16,19,32H,2-6,8-9H2,1H3,(H,30,31)(H,26,28,29). The molecule has 0 spiro atoms. The van der Waals surface area contributed by atoms with E-state index in [2.05, 4.69) is 26.3 Å². The van der Waals surface area contributed by atoms with E-state index in [4.69, 9.17) is 9.84 Å². The molecule has 2 heterocycles. The number of aliphatic carboxylic acids is 1. The van der Waals surface area contributed by atoms with Gasteiger partial charge >= 0.3 is 5.97 Å². The van der Waals surface area contributed by atoms with E-state index in [1.807, 2.05) is 25.3 Å². The average molecular weight is 481 g/mol. The van der Waals surface area contributed by atoms with Crippen molar-refractivity contribution in [3.8, 4) is 16.3 Å². The van der Waals surface area contributed by atoms with Crippen LogP contribution in [0.15, 0.2) is 36.7 Å². The Balaban J connectivity index is 1.28. The largest absolute Gasteiger partial charge is 0.481 e. The molecular formula is C25H28N4O4S. The van der Waals surface area contributed by atoms with E-state index in [-0.39, 0.29) is 12.0 Å². The van der Waals surface area contributed by atoms with Crippen LogP contribution in [0.5, 0.6) is 5.88 Å². The van der Waals surface area contributed by atoms with E-state index >= 15 is 0 Å². The summed E-state index contributed by atoms with van der Waals surface area (Å²) in [4.78, 5) is 25.5. The number of hydrogen-bond acceptors (Lipinski definition) is 8. The summed E-state index contributed by atoms with van der Waals surface area (Å²) in [5.41, 5.74) is 2.21. The molecule has 0 aliphatic heterocycles. The summed E-state index contributed by atoms with van der Waals surface area (Å²) in [5.74, 6) is -0.0887. The van der Waals surface area contributed by atoms with Crippen LogP contribution in [0.2, 0.25) is 0 Å². The Bertz CT molecular complexity index is 1190. The minimum Gasteiger partial charge on any atom is -0.481 e. The van der Waals surface area contributed by atoms with Crippen molar-refractivity contribution >= 4 is 28.9 Å². The quantitative estimate of drug-likeness (QED) is 0.430. The summed E-state index contributed by atoms with van der Waals surface area (Å²) in [7, 11) is 0. The van der Waals surface area contributed by atoms with Crippen molar-refractivity contribution in [2.24, 2.45) is 5.92 Å². The second-order valence-electron chi connectivity index (χ2n) is 9.28. The number of carboxylic acid groups (broad SMARTS) is 1. The molecule has 0 radical (unpaired) electrons. The van der Waals surface area contributed by atoms with Crippen LogP contribution < -0.4 is 10.1 Å². The monoisotopic (exact) mass is 480 g/mol. The Hall–Kier alpha value is -3.04. The first kappa shape index (κ1) is 22.7. The third-order valence-corrected chi connectivity index (χ3v) is 7.88. The topological polar surface area (TPSA) is 117 Å². The van der Waals surface area contributed by atoms with Crippen molar-refractivity contribution in [1.29, 1.82) is 0 Å². The average Bonchev–Trinajstić information content (AvgIpc) is 3.28. The van der Waals surface area contributed by atoms with Gasteiger partial charge in [0.2, 0.25) is 11.8 Å². The van der Waals surface area contributed by atoms with Crippen LogP contribution >= 0.6 is 11.3 Å². The molecule has 3 aromatic rings. The maximum absolute atomic E-state index is 11.2. The number of aryl methyl sites for hydroxylation is 1. The number of aliphatic hydroxyl groups is 1. The second kappa shape index (κ2) is 9.31. The maximum atomic E-state index is 11.2. The summed E-state index contributed by atoms with van der Waals surface area (Å²) in [5, 5.41) is 23.8. The Morgan fingerprint density at radius 3 is 2.68 bits per heavy atom. The van der Waals surface area contributed by atoms with Gasteiger partial charge in [0.15, 0.2) is 0 Å². The zero-order valence-corrected chi connectivity index (χ0v) is 19.8. The molecule has 2 saturated carbocycles. The zero-order valence-electron chi connectivity index (χ0n) is 19.0. The van der Waals surface area contributed by atoms with Gasteiger partial charge in [-0.25, -0.2) is 9.97 Å². The van der Waals surface area contributed by atoms with Gasteiger partial charge in [0.05, 0.1) is 10.8 Å². The van der Waals surface area contributed by atoms with E-state index in [0.29, 0.717) is 37.5 Å². The van der Waals surface area contributed by atoms with Crippen molar-refractivity contribution in [3.63, 3.8) is 0 Å². The number of nitrogens with zero attached hydrogens (tertiary/aromatic N) is 3. The molecule has 0 unspecified atom stereocenters. The van der Waals surface area contributed by atoms with E-state index in [1.54, 1.807) is 12.3 Å². The first-order valence-corrected chi connectivity index (χ1v) is 12.5. The summed E-state index contributed by atoms with van der Waals surface area (Å²) in [6.45, 7) is 2.03. The molecule has 8 nitrogen and oxygen atoms in total. The zero-order chi connectivity index (χ0) is 23.7. The molecule has 9 heteroatoms. The normalized spacial score (nSPS) is 21.5. The number of anilines is 2. The molecule has 2 aromatic heterocycles. The third kappa shape index (κ3) is 4.90. The molecule has 0 atom stereocenters. The smallest absolute Gasteiger partial charge is 0.306 e. The number of aromatic nitrogens is 3. The van der Waals surface area contributed by atoms with Crippen molar-refractivity contribution in [1.82, 2.24) is 15.0 Å². The van der Waals surface area contributed by atoms with Crippen LogP contribution in [-0.4, -0.2) is 37.2 Å². The predicted octanol–water partition coefficient (Wildman–Crippen LogP) is 5.05. The Morgan fingerprint density at radius 1 is 1.18 bits per heavy atom. The highest BCUT2D eigenvalue weighted by Crippen LogP contribution is 2.44. The van der Waals surface area contributed by atoms with Crippen molar-refractivity contribution in [2.45, 2.75) is 63.6 Å². The molecule has 0 bridgehead atoms. The van der Waals surface area contributed by atoms with Crippen LogP contribution in [0.3, 0.4) is 0 Å². The maximum Gasteiger partial charge on any atom is 0.306 e. The molecular weight excluding hydrogens is 452 g/mol. The number of nitrogens with one attached hydrogen (secondary N) is 1. The fourth-order valence-corrected chi connectivity index (χ4v) is 5.59. The van der Waals surface area contributed by atoms with Crippen LogP contribution in [0.4, 0.5) is 11.6 Å². The lowest BCUT2D eigenvalue weighted by Gasteiger charge is -2.34. The minimum absolute atomic E-state index is 0.0325. The fourth-order valence-electron chi connectivity index (χ4n) is 4.54. The van der Waals surface area contributed by atoms with Gasteiger partial charge in [-0.2, -0.15) is 4.98 Å². The number of hydrogen-bond donors (Lipinski definition) is 3. The number of benzene rings is 1. The SMILES string of the molecule is Cc1cc(Nc2nccc(OC3CCC(C(=O)O)CC3)n2)cc(-c2cnc(C3(O)CCC3)s2)c1. The van der Waals surface area contributed by atoms with Gasteiger partial charge in [-0.15, -0.1) is 11.3 Å². The van der Waals surface area contributed by atoms with E-state index < -0.39 is 11.6 Å². The van der Waals surface area contributed by atoms with Crippen LogP contribution in [0.25, 0.3) is 10.4 Å². The van der Waals surface area contributed by atoms with Gasteiger partial charge in [-0.1, -0.05) is 6.07 Å². The van der Waals surface area contributed by atoms with Crippen molar-refractivity contribution in [3.05, 3.63) is 47.2 Å². The van der Waals surface area contributed by atoms with E-state index in [9.17, 15) is 9.90 Å². The van der Waals surface area contributed by atoms with Crippen molar-refractivity contribution < 1.29 is 19.7 Å². The lowest BCUT2D eigenvalue weighted by atomic mass is 9.81. The van der Waals surface area contributed by atoms with Crippen molar-refractivity contribution in [2.75, 3.05) is 5.32 Å². The van der Waals surface area contributed by atoms with Gasteiger partial charge in [0.1, 0.15) is 16.7 Å². The molecule has 2 fully saturated rings. The summed E-state index contributed by atoms with van der Waals surface area (Å²) < 4.78 is 6.01. The predicted molar refractivity (Wildman–Crippen MR) is 129 cm³/mol. The Kier molecular flexibility index (Phi) is 6.22. The molecule has 178 valence electrons. The third-order valence-electron chi connectivity index (χ3n) is 6.64. The number of carbonyl (C=O) groups is 1. The van der Waals surface area contributed by atoms with Gasteiger partial charge in [-0.05, 0) is 75.1 Å². The van der Waals surface area contributed by atoms with Crippen LogP contribution in [-0.2, 0) is 10.4 Å². The van der Waals surface area contributed by atoms with E-state index in [0.717, 1.165) is 46.0 Å². The molecule has 0 amide bonds. The lowest BCUT2D eigenvalue weighted by Crippen LogP contribution is -2.33. The van der Waals surface area contributed by atoms with Gasteiger partial charge < -0.3 is 20.3 Å². The number of thiazole rings is 1.